The molecule has 0 spiro atoms. The van der Waals surface area contributed by atoms with Gasteiger partial charge in [0, 0.05) is 6.04 Å². The van der Waals surface area contributed by atoms with Crippen molar-refractivity contribution in [2.45, 2.75) is 31.7 Å². The van der Waals surface area contributed by atoms with E-state index in [1.54, 1.807) is 14.2 Å². The first-order valence-corrected chi connectivity index (χ1v) is 10.5. The van der Waals surface area contributed by atoms with Crippen molar-refractivity contribution < 1.29 is 17.9 Å². The van der Waals surface area contributed by atoms with Crippen molar-refractivity contribution >= 4 is 10.0 Å². The third kappa shape index (κ3) is 4.37. The predicted octanol–water partition coefficient (Wildman–Crippen LogP) is 3.24. The van der Waals surface area contributed by atoms with E-state index in [9.17, 15) is 8.42 Å². The highest BCUT2D eigenvalue weighted by Gasteiger charge is 2.28. The monoisotopic (exact) mass is 375 g/mol. The second kappa shape index (κ2) is 8.10. The Labute approximate surface area is 155 Å². The fraction of sp³-hybridized carbons (Fsp3) is 0.400. The van der Waals surface area contributed by atoms with Gasteiger partial charge in [-0.15, -0.1) is 0 Å². The van der Waals surface area contributed by atoms with Crippen LogP contribution in [0.4, 0.5) is 0 Å². The zero-order valence-corrected chi connectivity index (χ0v) is 16.0. The molecule has 0 heterocycles. The molecule has 1 unspecified atom stereocenters. The van der Waals surface area contributed by atoms with Crippen LogP contribution in [0.2, 0.25) is 0 Å². The molecule has 0 aromatic heterocycles. The standard InChI is InChI=1S/C20H25NO4S/c1-24-19-13-16-10-11-18(17(16)14-20(19)25-2)21-26(22,23)12-6-9-15-7-4-3-5-8-15/h3-5,7-8,13-14,18,21H,6,9-12H2,1-2H3. The normalized spacial score (nSPS) is 16.3. The van der Waals surface area contributed by atoms with Gasteiger partial charge in [0.05, 0.1) is 20.0 Å². The Kier molecular flexibility index (Phi) is 5.84. The van der Waals surface area contributed by atoms with Crippen molar-refractivity contribution in [1.29, 1.82) is 0 Å². The Balaban J connectivity index is 1.64. The first-order chi connectivity index (χ1) is 12.5. The fourth-order valence-corrected chi connectivity index (χ4v) is 4.76. The second-order valence-electron chi connectivity index (χ2n) is 6.52. The number of sulfonamides is 1. The van der Waals surface area contributed by atoms with Crippen LogP contribution in [0.1, 0.15) is 35.6 Å². The van der Waals surface area contributed by atoms with Gasteiger partial charge >= 0.3 is 0 Å². The van der Waals surface area contributed by atoms with Gasteiger partial charge in [-0.2, -0.15) is 0 Å². The first-order valence-electron chi connectivity index (χ1n) is 8.81. The first kappa shape index (κ1) is 18.7. The van der Waals surface area contributed by atoms with Gasteiger partial charge in [-0.05, 0) is 54.5 Å². The van der Waals surface area contributed by atoms with Gasteiger partial charge in [0.2, 0.25) is 10.0 Å². The Hall–Kier alpha value is -2.05. The van der Waals surface area contributed by atoms with Crippen molar-refractivity contribution in [3.63, 3.8) is 0 Å². The summed E-state index contributed by atoms with van der Waals surface area (Å²) < 4.78 is 38.5. The van der Waals surface area contributed by atoms with Crippen molar-refractivity contribution in [3.05, 3.63) is 59.2 Å². The summed E-state index contributed by atoms with van der Waals surface area (Å²) in [5.41, 5.74) is 3.25. The minimum Gasteiger partial charge on any atom is -0.493 e. The SMILES string of the molecule is COc1cc2c(cc1OC)C(NS(=O)(=O)CCCc1ccccc1)CC2. The van der Waals surface area contributed by atoms with Gasteiger partial charge in [-0.3, -0.25) is 0 Å². The molecule has 0 bridgehead atoms. The molecule has 140 valence electrons. The average Bonchev–Trinajstić information content (AvgIpc) is 3.02. The lowest BCUT2D eigenvalue weighted by molar-refractivity contribution is 0.354. The van der Waals surface area contributed by atoms with Crippen LogP contribution < -0.4 is 14.2 Å². The van der Waals surface area contributed by atoms with E-state index in [1.807, 2.05) is 42.5 Å². The summed E-state index contributed by atoms with van der Waals surface area (Å²) >= 11 is 0. The van der Waals surface area contributed by atoms with E-state index in [0.717, 1.165) is 36.0 Å². The zero-order chi connectivity index (χ0) is 18.6. The summed E-state index contributed by atoms with van der Waals surface area (Å²) in [7, 11) is -0.147. The smallest absolute Gasteiger partial charge is 0.212 e. The second-order valence-corrected chi connectivity index (χ2v) is 8.40. The fourth-order valence-electron chi connectivity index (χ4n) is 3.44. The maximum Gasteiger partial charge on any atom is 0.212 e. The number of hydrogen-bond acceptors (Lipinski definition) is 4. The van der Waals surface area contributed by atoms with E-state index in [2.05, 4.69) is 4.72 Å². The Morgan fingerprint density at radius 3 is 2.46 bits per heavy atom. The predicted molar refractivity (Wildman–Crippen MR) is 102 cm³/mol. The highest BCUT2D eigenvalue weighted by molar-refractivity contribution is 7.89. The third-order valence-corrected chi connectivity index (χ3v) is 6.24. The molecule has 6 heteroatoms. The quantitative estimate of drug-likeness (QED) is 0.769. The molecular formula is C20H25NO4S. The summed E-state index contributed by atoms with van der Waals surface area (Å²) in [6, 6.07) is 13.6. The van der Waals surface area contributed by atoms with Gasteiger partial charge in [0.15, 0.2) is 11.5 Å². The van der Waals surface area contributed by atoms with Crippen LogP contribution in [0.25, 0.3) is 0 Å². The molecule has 26 heavy (non-hydrogen) atoms. The summed E-state index contributed by atoms with van der Waals surface area (Å²) in [5.74, 6) is 1.43. The van der Waals surface area contributed by atoms with E-state index >= 15 is 0 Å². The number of aryl methyl sites for hydroxylation is 2. The molecule has 1 N–H and O–H groups in total. The summed E-state index contributed by atoms with van der Waals surface area (Å²) in [4.78, 5) is 0. The highest BCUT2D eigenvalue weighted by Crippen LogP contribution is 2.39. The Morgan fingerprint density at radius 2 is 1.77 bits per heavy atom. The van der Waals surface area contributed by atoms with Crippen molar-refractivity contribution in [2.24, 2.45) is 0 Å². The highest BCUT2D eigenvalue weighted by atomic mass is 32.2. The van der Waals surface area contributed by atoms with Gasteiger partial charge in [-0.25, -0.2) is 13.1 Å². The number of rotatable bonds is 8. The lowest BCUT2D eigenvalue weighted by Gasteiger charge is -2.16. The van der Waals surface area contributed by atoms with Crippen LogP contribution in [0, 0.1) is 0 Å². The molecular weight excluding hydrogens is 350 g/mol. The largest absolute Gasteiger partial charge is 0.493 e. The Bertz CT molecular complexity index is 850. The Morgan fingerprint density at radius 1 is 1.08 bits per heavy atom. The van der Waals surface area contributed by atoms with Gasteiger partial charge in [0.25, 0.3) is 0 Å². The van der Waals surface area contributed by atoms with E-state index in [1.165, 1.54) is 0 Å². The van der Waals surface area contributed by atoms with E-state index in [4.69, 9.17) is 9.47 Å². The average molecular weight is 375 g/mol. The molecule has 0 fully saturated rings. The summed E-state index contributed by atoms with van der Waals surface area (Å²) in [6.45, 7) is 0. The lowest BCUT2D eigenvalue weighted by Crippen LogP contribution is -2.29. The number of nitrogens with one attached hydrogen (secondary N) is 1. The molecule has 1 aliphatic rings. The summed E-state index contributed by atoms with van der Waals surface area (Å²) in [6.07, 6.45) is 2.94. The van der Waals surface area contributed by atoms with Crippen molar-refractivity contribution in [3.8, 4) is 11.5 Å². The van der Waals surface area contributed by atoms with Crippen LogP contribution in [0.15, 0.2) is 42.5 Å². The molecule has 5 nitrogen and oxygen atoms in total. The minimum atomic E-state index is -3.34. The van der Waals surface area contributed by atoms with Crippen LogP contribution in [-0.4, -0.2) is 28.4 Å². The van der Waals surface area contributed by atoms with Crippen LogP contribution >= 0.6 is 0 Å². The molecule has 0 amide bonds. The number of ether oxygens (including phenoxy) is 2. The molecule has 2 aromatic rings. The molecule has 0 radical (unpaired) electrons. The number of hydrogen-bond donors (Lipinski definition) is 1. The van der Waals surface area contributed by atoms with Crippen molar-refractivity contribution in [2.75, 3.05) is 20.0 Å². The van der Waals surface area contributed by atoms with Gasteiger partial charge in [-0.1, -0.05) is 30.3 Å². The third-order valence-electron chi connectivity index (χ3n) is 4.77. The number of fused-ring (bicyclic) bond motifs is 1. The molecule has 2 aromatic carbocycles. The maximum absolute atomic E-state index is 12.5. The van der Waals surface area contributed by atoms with E-state index in [-0.39, 0.29) is 11.8 Å². The molecule has 0 saturated heterocycles. The van der Waals surface area contributed by atoms with Crippen molar-refractivity contribution in [1.82, 2.24) is 4.72 Å². The molecule has 1 atom stereocenters. The van der Waals surface area contributed by atoms with Gasteiger partial charge in [0.1, 0.15) is 0 Å². The van der Waals surface area contributed by atoms with Crippen LogP contribution in [0.5, 0.6) is 11.5 Å². The van der Waals surface area contributed by atoms with Crippen LogP contribution in [0.3, 0.4) is 0 Å². The minimum absolute atomic E-state index is 0.126. The summed E-state index contributed by atoms with van der Waals surface area (Å²) in [5, 5.41) is 0. The van der Waals surface area contributed by atoms with Crippen LogP contribution in [-0.2, 0) is 22.9 Å². The number of methoxy groups -OCH3 is 2. The molecule has 0 saturated carbocycles. The number of benzene rings is 2. The molecule has 0 aliphatic heterocycles. The molecule has 3 rings (SSSR count). The lowest BCUT2D eigenvalue weighted by atomic mass is 10.1. The topological polar surface area (TPSA) is 64.6 Å². The van der Waals surface area contributed by atoms with E-state index in [0.29, 0.717) is 17.9 Å². The zero-order valence-electron chi connectivity index (χ0n) is 15.2. The van der Waals surface area contributed by atoms with Gasteiger partial charge < -0.3 is 9.47 Å². The molecule has 1 aliphatic carbocycles. The maximum atomic E-state index is 12.5. The van der Waals surface area contributed by atoms with E-state index < -0.39 is 10.0 Å².